The van der Waals surface area contributed by atoms with Crippen molar-refractivity contribution >= 4 is 29.3 Å². The number of rotatable bonds is 3. The summed E-state index contributed by atoms with van der Waals surface area (Å²) in [5.41, 5.74) is 2.34. The zero-order chi connectivity index (χ0) is 17.8. The van der Waals surface area contributed by atoms with Gasteiger partial charge in [0, 0.05) is 16.7 Å². The van der Waals surface area contributed by atoms with Gasteiger partial charge in [-0.1, -0.05) is 36.8 Å². The monoisotopic (exact) mass is 355 g/mol. The van der Waals surface area contributed by atoms with Crippen LogP contribution in [0.4, 0.5) is 5.69 Å². The maximum atomic E-state index is 12.7. The molecule has 1 aliphatic heterocycles. The average Bonchev–Trinajstić information content (AvgIpc) is 2.77. The lowest BCUT2D eigenvalue weighted by Gasteiger charge is -2.22. The standard InChI is InChI=1S/C20H21NO3S/c1-14-6-5-7-16(12-14)20(23)24-13-19(22)21-11-10-15(2)25-18-9-4-3-8-17(18)21/h3-9,12,15H,10-11,13H2,1-2H3. The van der Waals surface area contributed by atoms with Gasteiger partial charge >= 0.3 is 5.97 Å². The van der Waals surface area contributed by atoms with Crippen LogP contribution >= 0.6 is 11.8 Å². The predicted octanol–water partition coefficient (Wildman–Crippen LogP) is 4.07. The fourth-order valence-electron chi connectivity index (χ4n) is 2.81. The van der Waals surface area contributed by atoms with Crippen molar-refractivity contribution in [2.75, 3.05) is 18.1 Å². The molecule has 0 saturated heterocycles. The Bertz CT molecular complexity index is 790. The maximum absolute atomic E-state index is 12.7. The van der Waals surface area contributed by atoms with Crippen LogP contribution < -0.4 is 4.90 Å². The molecule has 1 unspecified atom stereocenters. The second-order valence-corrected chi connectivity index (χ2v) is 7.66. The van der Waals surface area contributed by atoms with Crippen molar-refractivity contribution in [3.05, 3.63) is 59.7 Å². The van der Waals surface area contributed by atoms with Gasteiger partial charge in [0.05, 0.1) is 11.3 Å². The smallest absolute Gasteiger partial charge is 0.338 e. The summed E-state index contributed by atoms with van der Waals surface area (Å²) >= 11 is 1.78. The van der Waals surface area contributed by atoms with Crippen molar-refractivity contribution < 1.29 is 14.3 Å². The van der Waals surface area contributed by atoms with E-state index >= 15 is 0 Å². The summed E-state index contributed by atoms with van der Waals surface area (Å²) < 4.78 is 5.24. The molecule has 1 atom stereocenters. The number of carbonyl (C=O) groups is 2. The molecule has 0 radical (unpaired) electrons. The lowest BCUT2D eigenvalue weighted by Crippen LogP contribution is -2.35. The van der Waals surface area contributed by atoms with Crippen molar-refractivity contribution in [1.82, 2.24) is 0 Å². The number of thioether (sulfide) groups is 1. The third kappa shape index (κ3) is 4.23. The molecule has 25 heavy (non-hydrogen) atoms. The normalized spacial score (nSPS) is 16.7. The number of esters is 1. The number of ether oxygens (including phenoxy) is 1. The van der Waals surface area contributed by atoms with Crippen LogP contribution in [-0.4, -0.2) is 30.3 Å². The molecule has 1 amide bonds. The number of nitrogens with zero attached hydrogens (tertiary/aromatic N) is 1. The molecule has 3 rings (SSSR count). The molecule has 0 bridgehead atoms. The van der Waals surface area contributed by atoms with Gasteiger partial charge in [0.15, 0.2) is 6.61 Å². The Morgan fingerprint density at radius 1 is 1.20 bits per heavy atom. The zero-order valence-electron chi connectivity index (χ0n) is 14.4. The van der Waals surface area contributed by atoms with Crippen molar-refractivity contribution in [2.45, 2.75) is 30.4 Å². The van der Waals surface area contributed by atoms with E-state index in [1.807, 2.05) is 37.3 Å². The Kier molecular flexibility index (Phi) is 5.43. The fourth-order valence-corrected chi connectivity index (χ4v) is 3.92. The van der Waals surface area contributed by atoms with E-state index in [0.717, 1.165) is 22.6 Å². The van der Waals surface area contributed by atoms with E-state index in [0.29, 0.717) is 17.4 Å². The van der Waals surface area contributed by atoms with Crippen LogP contribution in [0.5, 0.6) is 0 Å². The van der Waals surface area contributed by atoms with Crippen molar-refractivity contribution in [3.8, 4) is 0 Å². The molecule has 0 fully saturated rings. The van der Waals surface area contributed by atoms with Crippen molar-refractivity contribution in [2.24, 2.45) is 0 Å². The first kappa shape index (κ1) is 17.5. The van der Waals surface area contributed by atoms with E-state index < -0.39 is 5.97 Å². The number of para-hydroxylation sites is 1. The second kappa shape index (κ2) is 7.74. The van der Waals surface area contributed by atoms with E-state index in [2.05, 4.69) is 6.92 Å². The van der Waals surface area contributed by atoms with Crippen LogP contribution in [0.3, 0.4) is 0 Å². The molecular formula is C20H21NO3S. The second-order valence-electron chi connectivity index (χ2n) is 6.18. The highest BCUT2D eigenvalue weighted by Gasteiger charge is 2.24. The van der Waals surface area contributed by atoms with Crippen molar-refractivity contribution in [3.63, 3.8) is 0 Å². The number of hydrogen-bond acceptors (Lipinski definition) is 4. The fraction of sp³-hybridized carbons (Fsp3) is 0.300. The number of amides is 1. The van der Waals surface area contributed by atoms with Crippen LogP contribution in [-0.2, 0) is 9.53 Å². The molecule has 0 spiro atoms. The van der Waals surface area contributed by atoms with Crippen LogP contribution in [0.2, 0.25) is 0 Å². The maximum Gasteiger partial charge on any atom is 0.338 e. The first-order valence-corrected chi connectivity index (χ1v) is 9.22. The molecule has 0 aromatic heterocycles. The number of carbonyl (C=O) groups excluding carboxylic acids is 2. The van der Waals surface area contributed by atoms with E-state index in [-0.39, 0.29) is 12.5 Å². The van der Waals surface area contributed by atoms with Crippen LogP contribution in [0.15, 0.2) is 53.4 Å². The average molecular weight is 355 g/mol. The molecule has 1 aliphatic rings. The number of aryl methyl sites for hydroxylation is 1. The Morgan fingerprint density at radius 3 is 2.80 bits per heavy atom. The summed E-state index contributed by atoms with van der Waals surface area (Å²) in [6, 6.07) is 15.0. The Morgan fingerprint density at radius 2 is 2.00 bits per heavy atom. The van der Waals surface area contributed by atoms with Gasteiger partial charge in [0.2, 0.25) is 0 Å². The molecule has 2 aromatic rings. The minimum atomic E-state index is -0.470. The van der Waals surface area contributed by atoms with Gasteiger partial charge < -0.3 is 9.64 Å². The van der Waals surface area contributed by atoms with Gasteiger partial charge in [0.25, 0.3) is 5.91 Å². The third-order valence-corrected chi connectivity index (χ3v) is 5.36. The number of benzene rings is 2. The molecule has 1 heterocycles. The summed E-state index contributed by atoms with van der Waals surface area (Å²) in [6.07, 6.45) is 0.900. The largest absolute Gasteiger partial charge is 0.452 e. The van der Waals surface area contributed by atoms with Crippen LogP contribution in [0, 0.1) is 6.92 Å². The van der Waals surface area contributed by atoms with E-state index in [1.165, 1.54) is 0 Å². The van der Waals surface area contributed by atoms with Gasteiger partial charge in [-0.3, -0.25) is 4.79 Å². The number of fused-ring (bicyclic) bond motifs is 1. The van der Waals surface area contributed by atoms with E-state index in [9.17, 15) is 9.59 Å². The molecule has 0 aliphatic carbocycles. The first-order valence-electron chi connectivity index (χ1n) is 8.34. The van der Waals surface area contributed by atoms with E-state index in [4.69, 9.17) is 4.74 Å². The highest BCUT2D eigenvalue weighted by atomic mass is 32.2. The lowest BCUT2D eigenvalue weighted by atomic mass is 10.1. The third-order valence-electron chi connectivity index (χ3n) is 4.13. The summed E-state index contributed by atoms with van der Waals surface area (Å²) in [7, 11) is 0. The van der Waals surface area contributed by atoms with Gasteiger partial charge in [-0.15, -0.1) is 11.8 Å². The molecular weight excluding hydrogens is 334 g/mol. The lowest BCUT2D eigenvalue weighted by molar-refractivity contribution is -0.121. The van der Waals surface area contributed by atoms with Gasteiger partial charge in [-0.05, 0) is 37.6 Å². The summed E-state index contributed by atoms with van der Waals surface area (Å²) in [4.78, 5) is 27.6. The Hall–Kier alpha value is -2.27. The van der Waals surface area contributed by atoms with Crippen LogP contribution in [0.25, 0.3) is 0 Å². The summed E-state index contributed by atoms with van der Waals surface area (Å²) in [5.74, 6) is -0.661. The molecule has 0 saturated carbocycles. The molecule has 0 N–H and O–H groups in total. The van der Waals surface area contributed by atoms with Gasteiger partial charge in [-0.2, -0.15) is 0 Å². The SMILES string of the molecule is Cc1cccc(C(=O)OCC(=O)N2CCC(C)Sc3ccccc32)c1. The highest BCUT2D eigenvalue weighted by Crippen LogP contribution is 2.37. The van der Waals surface area contributed by atoms with Crippen LogP contribution in [0.1, 0.15) is 29.3 Å². The Balaban J connectivity index is 1.70. The molecule has 4 nitrogen and oxygen atoms in total. The van der Waals surface area contributed by atoms with Gasteiger partial charge in [0.1, 0.15) is 0 Å². The first-order chi connectivity index (χ1) is 12.0. The van der Waals surface area contributed by atoms with Crippen molar-refractivity contribution in [1.29, 1.82) is 0 Å². The molecule has 5 heteroatoms. The Labute approximate surface area is 152 Å². The molecule has 2 aromatic carbocycles. The molecule has 130 valence electrons. The number of anilines is 1. The topological polar surface area (TPSA) is 46.6 Å². The minimum Gasteiger partial charge on any atom is -0.452 e. The van der Waals surface area contributed by atoms with Gasteiger partial charge in [-0.25, -0.2) is 4.79 Å². The zero-order valence-corrected chi connectivity index (χ0v) is 15.2. The quantitative estimate of drug-likeness (QED) is 0.779. The summed E-state index contributed by atoms with van der Waals surface area (Å²) in [6.45, 7) is 4.45. The highest BCUT2D eigenvalue weighted by molar-refractivity contribution is 8.00. The number of hydrogen-bond donors (Lipinski definition) is 0. The summed E-state index contributed by atoms with van der Waals surface area (Å²) in [5, 5.41) is 0.439. The predicted molar refractivity (Wildman–Crippen MR) is 100 cm³/mol. The minimum absolute atomic E-state index is 0.192. The van der Waals surface area contributed by atoms with E-state index in [1.54, 1.807) is 34.9 Å².